The molecule has 2 aromatic carbocycles. The highest BCUT2D eigenvalue weighted by Gasteiger charge is 2.54. The lowest BCUT2D eigenvalue weighted by atomic mass is 9.73. The van der Waals surface area contributed by atoms with Crippen LogP contribution in [0.15, 0.2) is 53.6 Å². The molecule has 2 aliphatic heterocycles. The molecular formula is C30H36FN5O6. The number of piperidine rings is 1. The minimum atomic E-state index is -1.56. The van der Waals surface area contributed by atoms with Gasteiger partial charge in [0, 0.05) is 26.6 Å². The lowest BCUT2D eigenvalue weighted by Crippen LogP contribution is -2.61. The number of benzene rings is 2. The first-order valence-electron chi connectivity index (χ1n) is 13.8. The number of aryl methyl sites for hydroxylation is 1. The summed E-state index contributed by atoms with van der Waals surface area (Å²) in [6.07, 6.45) is -0.607. The van der Waals surface area contributed by atoms with E-state index in [2.05, 4.69) is 15.7 Å². The molecule has 0 saturated carbocycles. The lowest BCUT2D eigenvalue weighted by Gasteiger charge is -2.41. The number of aliphatic hydroxyl groups excluding tert-OH is 1. The summed E-state index contributed by atoms with van der Waals surface area (Å²) >= 11 is 0. The molecule has 2 aromatic rings. The number of nitrogens with zero attached hydrogens (tertiary/aromatic N) is 3. The van der Waals surface area contributed by atoms with Crippen LogP contribution in [-0.4, -0.2) is 81.4 Å². The molecule has 4 rings (SSSR count). The van der Waals surface area contributed by atoms with Crippen LogP contribution in [0.25, 0.3) is 0 Å². The number of aliphatic hydroxyl groups is 1. The third-order valence-corrected chi connectivity index (χ3v) is 7.86. The van der Waals surface area contributed by atoms with Gasteiger partial charge in [-0.2, -0.15) is 5.10 Å². The Labute approximate surface area is 243 Å². The van der Waals surface area contributed by atoms with E-state index >= 15 is 0 Å². The summed E-state index contributed by atoms with van der Waals surface area (Å²) in [5.41, 5.74) is -0.311. The van der Waals surface area contributed by atoms with Gasteiger partial charge >= 0.3 is 6.09 Å². The monoisotopic (exact) mass is 581 g/mol. The lowest BCUT2D eigenvalue weighted by molar-refractivity contribution is -0.142. The third-order valence-electron chi connectivity index (χ3n) is 7.86. The zero-order chi connectivity index (χ0) is 30.7. The van der Waals surface area contributed by atoms with Crippen LogP contribution in [-0.2, 0) is 33.8 Å². The van der Waals surface area contributed by atoms with Crippen LogP contribution in [0.2, 0.25) is 0 Å². The maximum Gasteiger partial charge on any atom is 0.405 e. The fourth-order valence-electron chi connectivity index (χ4n) is 5.55. The van der Waals surface area contributed by atoms with Crippen LogP contribution >= 0.6 is 0 Å². The molecule has 224 valence electrons. The van der Waals surface area contributed by atoms with Gasteiger partial charge in [0.2, 0.25) is 11.8 Å². The van der Waals surface area contributed by atoms with Crippen molar-refractivity contribution in [1.29, 1.82) is 0 Å². The van der Waals surface area contributed by atoms with E-state index in [9.17, 15) is 33.8 Å². The Morgan fingerprint density at radius 3 is 2.50 bits per heavy atom. The molecule has 2 heterocycles. The minimum Gasteiger partial charge on any atom is -0.465 e. The number of rotatable bonds is 10. The van der Waals surface area contributed by atoms with Crippen molar-refractivity contribution in [2.24, 2.45) is 10.5 Å². The summed E-state index contributed by atoms with van der Waals surface area (Å²) in [6.45, 7) is 2.73. The van der Waals surface area contributed by atoms with Gasteiger partial charge in [-0.05, 0) is 55.9 Å². The molecule has 2 unspecified atom stereocenters. The van der Waals surface area contributed by atoms with Crippen molar-refractivity contribution >= 4 is 29.5 Å². The van der Waals surface area contributed by atoms with E-state index in [4.69, 9.17) is 0 Å². The van der Waals surface area contributed by atoms with Crippen LogP contribution in [0.4, 0.5) is 9.18 Å². The van der Waals surface area contributed by atoms with E-state index in [1.165, 1.54) is 35.9 Å². The summed E-state index contributed by atoms with van der Waals surface area (Å²) in [5, 5.41) is 29.1. The molecule has 11 nitrogen and oxygen atoms in total. The number of hydrogen-bond acceptors (Lipinski definition) is 6. The molecule has 0 aromatic heterocycles. The van der Waals surface area contributed by atoms with Gasteiger partial charge in [0.05, 0.1) is 12.3 Å². The molecule has 0 aliphatic carbocycles. The number of likely N-dealkylation sites (tertiary alicyclic amines) is 1. The van der Waals surface area contributed by atoms with Crippen LogP contribution < -0.4 is 10.6 Å². The zero-order valence-corrected chi connectivity index (χ0v) is 23.9. The molecule has 0 radical (unpaired) electrons. The van der Waals surface area contributed by atoms with Gasteiger partial charge in [-0.3, -0.25) is 14.4 Å². The highest BCUT2D eigenvalue weighted by molar-refractivity contribution is 6.13. The predicted molar refractivity (Wildman–Crippen MR) is 152 cm³/mol. The normalized spacial score (nSPS) is 19.2. The summed E-state index contributed by atoms with van der Waals surface area (Å²) in [5.74, 6) is -1.96. The zero-order valence-electron chi connectivity index (χ0n) is 23.9. The molecule has 0 bridgehead atoms. The molecule has 12 heteroatoms. The Bertz CT molecular complexity index is 1400. The highest BCUT2D eigenvalue weighted by atomic mass is 19.1. The number of amides is 4. The summed E-state index contributed by atoms with van der Waals surface area (Å²) < 4.78 is 14.7. The van der Waals surface area contributed by atoms with Crippen LogP contribution in [0.5, 0.6) is 0 Å². The van der Waals surface area contributed by atoms with Crippen molar-refractivity contribution < 1.29 is 33.8 Å². The van der Waals surface area contributed by atoms with E-state index in [0.29, 0.717) is 29.7 Å². The average molecular weight is 582 g/mol. The standard InChI is InChI=1S/C30H36FN5O6/c1-29(2,33-28(41)42)26(39)32-23(12-11-21-10-9-20(17-37)15-22(21)31)25(38)36-14-13-24-30(18-36,27(40)35(3)34-24)16-19-7-5-4-6-8-19/h4-10,15,23,33,37H,11-14,16-18H2,1-3H3,(H,32,39)(H,41,42). The molecule has 42 heavy (non-hydrogen) atoms. The smallest absolute Gasteiger partial charge is 0.405 e. The first kappa shape index (κ1) is 30.6. The number of hydrogen-bond donors (Lipinski definition) is 4. The predicted octanol–water partition coefficient (Wildman–Crippen LogP) is 2.07. The first-order chi connectivity index (χ1) is 19.9. The van der Waals surface area contributed by atoms with Crippen LogP contribution in [0.1, 0.15) is 43.4 Å². The Kier molecular flexibility index (Phi) is 8.95. The van der Waals surface area contributed by atoms with Crippen molar-refractivity contribution in [2.75, 3.05) is 20.1 Å². The number of fused-ring (bicyclic) bond motifs is 1. The molecule has 0 spiro atoms. The van der Waals surface area contributed by atoms with Crippen LogP contribution in [0, 0.1) is 11.2 Å². The topological polar surface area (TPSA) is 152 Å². The Balaban J connectivity index is 1.61. The second kappa shape index (κ2) is 12.3. The van der Waals surface area contributed by atoms with E-state index in [1.54, 1.807) is 13.1 Å². The highest BCUT2D eigenvalue weighted by Crippen LogP contribution is 2.38. The Hall–Kier alpha value is -4.32. The molecule has 1 fully saturated rings. The quantitative estimate of drug-likeness (QED) is 0.337. The number of halogens is 1. The van der Waals surface area contributed by atoms with Gasteiger partial charge in [0.15, 0.2) is 0 Å². The van der Waals surface area contributed by atoms with Crippen molar-refractivity contribution in [3.8, 4) is 0 Å². The van der Waals surface area contributed by atoms with E-state index < -0.39 is 40.7 Å². The molecule has 2 aliphatic rings. The minimum absolute atomic E-state index is 0.0140. The van der Waals surface area contributed by atoms with Crippen molar-refractivity contribution in [3.63, 3.8) is 0 Å². The largest absolute Gasteiger partial charge is 0.465 e. The van der Waals surface area contributed by atoms with Gasteiger partial charge in [-0.15, -0.1) is 0 Å². The average Bonchev–Trinajstić information content (AvgIpc) is 3.19. The Morgan fingerprint density at radius 2 is 1.86 bits per heavy atom. The van der Waals surface area contributed by atoms with Gasteiger partial charge in [-0.25, -0.2) is 14.2 Å². The molecule has 2 atom stereocenters. The van der Waals surface area contributed by atoms with Crippen molar-refractivity contribution in [2.45, 2.75) is 57.7 Å². The molecular weight excluding hydrogens is 545 g/mol. The SMILES string of the molecule is CN1N=C2CCN(C(=O)C(CCc3ccc(CO)cc3F)NC(=O)C(C)(C)NC(=O)O)CC2(Cc2ccccc2)C1=O. The van der Waals surface area contributed by atoms with E-state index in [0.717, 1.165) is 5.56 Å². The van der Waals surface area contributed by atoms with Gasteiger partial charge < -0.3 is 25.7 Å². The molecule has 4 N–H and O–H groups in total. The van der Waals surface area contributed by atoms with Crippen molar-refractivity contribution in [3.05, 3.63) is 71.0 Å². The maximum atomic E-state index is 14.7. The van der Waals surface area contributed by atoms with E-state index in [1.807, 2.05) is 30.3 Å². The maximum absolute atomic E-state index is 14.7. The van der Waals surface area contributed by atoms with Gasteiger partial charge in [-0.1, -0.05) is 42.5 Å². The second-order valence-corrected chi connectivity index (χ2v) is 11.3. The van der Waals surface area contributed by atoms with Gasteiger partial charge in [0.1, 0.15) is 22.8 Å². The number of carbonyl (C=O) groups excluding carboxylic acids is 3. The first-order valence-corrected chi connectivity index (χ1v) is 13.8. The number of nitrogens with one attached hydrogen (secondary N) is 2. The van der Waals surface area contributed by atoms with Crippen molar-refractivity contribution in [1.82, 2.24) is 20.5 Å². The third kappa shape index (κ3) is 6.43. The summed E-state index contributed by atoms with van der Waals surface area (Å²) in [4.78, 5) is 53.5. The Morgan fingerprint density at radius 1 is 1.14 bits per heavy atom. The van der Waals surface area contributed by atoms with E-state index in [-0.39, 0.29) is 38.4 Å². The molecule has 4 amide bonds. The summed E-state index contributed by atoms with van der Waals surface area (Å²) in [7, 11) is 1.59. The summed E-state index contributed by atoms with van der Waals surface area (Å²) in [6, 6.07) is 12.6. The number of hydrazone groups is 1. The van der Waals surface area contributed by atoms with Crippen LogP contribution in [0.3, 0.4) is 0 Å². The number of carboxylic acid groups (broad SMARTS) is 1. The fourth-order valence-corrected chi connectivity index (χ4v) is 5.55. The van der Waals surface area contributed by atoms with Gasteiger partial charge in [0.25, 0.3) is 5.91 Å². The number of carbonyl (C=O) groups is 4. The second-order valence-electron chi connectivity index (χ2n) is 11.3. The molecule has 1 saturated heterocycles. The fraction of sp³-hybridized carbons (Fsp3) is 0.433.